The summed E-state index contributed by atoms with van der Waals surface area (Å²) in [7, 11) is -3.77. The molecule has 1 amide bonds. The summed E-state index contributed by atoms with van der Waals surface area (Å²) in [6, 6.07) is 9.02. The Morgan fingerprint density at radius 3 is 2.38 bits per heavy atom. The predicted octanol–water partition coefficient (Wildman–Crippen LogP) is 2.52. The van der Waals surface area contributed by atoms with E-state index >= 15 is 0 Å². The van der Waals surface area contributed by atoms with Crippen molar-refractivity contribution in [1.29, 1.82) is 0 Å². The summed E-state index contributed by atoms with van der Waals surface area (Å²) in [5.74, 6) is 0.141. The molecule has 1 atom stereocenters. The van der Waals surface area contributed by atoms with E-state index in [2.05, 4.69) is 10.0 Å². The molecule has 2 rings (SSSR count). The molecule has 0 aliphatic carbocycles. The lowest BCUT2D eigenvalue weighted by Gasteiger charge is -2.17. The molecule has 0 aliphatic heterocycles. The molecule has 2 aromatic rings. The van der Waals surface area contributed by atoms with E-state index in [0.717, 1.165) is 5.56 Å². The lowest BCUT2D eigenvalue weighted by molar-refractivity contribution is -0.122. The number of carbonyl (C=O) groups is 1. The highest BCUT2D eigenvalue weighted by Crippen LogP contribution is 2.21. The van der Waals surface area contributed by atoms with Crippen LogP contribution in [0.3, 0.4) is 0 Å². The summed E-state index contributed by atoms with van der Waals surface area (Å²) in [6.45, 7) is 5.57. The van der Waals surface area contributed by atoms with E-state index in [0.29, 0.717) is 5.76 Å². The molecule has 0 aliphatic rings. The van der Waals surface area contributed by atoms with E-state index in [-0.39, 0.29) is 23.3 Å². The third kappa shape index (κ3) is 4.94. The van der Waals surface area contributed by atoms with Crippen molar-refractivity contribution in [2.24, 2.45) is 0 Å². The molecule has 0 spiro atoms. The molecule has 0 radical (unpaired) electrons. The first-order chi connectivity index (χ1) is 11.3. The maximum Gasteiger partial charge on any atom is 0.241 e. The number of amides is 1. The minimum Gasteiger partial charge on any atom is -0.468 e. The Hall–Kier alpha value is -2.12. The standard InChI is InChI=1S/C17H22N2O4S/c1-12(2)18-17(20)11-15(16-5-4-10-23-16)19-24(21,22)14-8-6-13(3)7-9-14/h4-10,12,15,19H,11H2,1-3H3,(H,18,20). The first-order valence-corrected chi connectivity index (χ1v) is 9.18. The predicted molar refractivity (Wildman–Crippen MR) is 90.8 cm³/mol. The lowest BCUT2D eigenvalue weighted by Crippen LogP contribution is -2.36. The maximum atomic E-state index is 12.6. The minimum atomic E-state index is -3.77. The van der Waals surface area contributed by atoms with Crippen LogP contribution < -0.4 is 10.0 Å². The molecule has 0 bridgehead atoms. The zero-order valence-corrected chi connectivity index (χ0v) is 14.8. The maximum absolute atomic E-state index is 12.6. The van der Waals surface area contributed by atoms with E-state index in [9.17, 15) is 13.2 Å². The van der Waals surface area contributed by atoms with Gasteiger partial charge in [0.1, 0.15) is 5.76 Å². The quantitative estimate of drug-likeness (QED) is 0.803. The van der Waals surface area contributed by atoms with Crippen LogP contribution in [0.25, 0.3) is 0 Å². The van der Waals surface area contributed by atoms with Gasteiger partial charge in [-0.05, 0) is 45.0 Å². The Kier molecular flexibility index (Phi) is 5.80. The van der Waals surface area contributed by atoms with Crippen molar-refractivity contribution in [2.45, 2.75) is 44.2 Å². The van der Waals surface area contributed by atoms with E-state index < -0.39 is 16.1 Å². The molecule has 1 aromatic heterocycles. The SMILES string of the molecule is Cc1ccc(S(=O)(=O)NC(CC(=O)NC(C)C)c2ccco2)cc1. The fraction of sp³-hybridized carbons (Fsp3) is 0.353. The highest BCUT2D eigenvalue weighted by Gasteiger charge is 2.25. The Balaban J connectivity index is 2.21. The van der Waals surface area contributed by atoms with E-state index in [1.165, 1.54) is 18.4 Å². The summed E-state index contributed by atoms with van der Waals surface area (Å²) < 4.78 is 33.0. The van der Waals surface area contributed by atoms with Gasteiger partial charge in [0.05, 0.1) is 23.6 Å². The summed E-state index contributed by atoms with van der Waals surface area (Å²) in [5.41, 5.74) is 0.966. The van der Waals surface area contributed by atoms with Gasteiger partial charge in [-0.2, -0.15) is 4.72 Å². The van der Waals surface area contributed by atoms with Crippen LogP contribution in [0.1, 0.15) is 37.6 Å². The Morgan fingerprint density at radius 2 is 1.83 bits per heavy atom. The Labute approximate surface area is 142 Å². The molecule has 24 heavy (non-hydrogen) atoms. The van der Waals surface area contributed by atoms with Crippen LogP contribution in [-0.2, 0) is 14.8 Å². The van der Waals surface area contributed by atoms with Gasteiger partial charge in [-0.15, -0.1) is 0 Å². The average Bonchev–Trinajstić information content (AvgIpc) is 3.00. The van der Waals surface area contributed by atoms with Gasteiger partial charge in [-0.1, -0.05) is 17.7 Å². The highest BCUT2D eigenvalue weighted by atomic mass is 32.2. The fourth-order valence-electron chi connectivity index (χ4n) is 2.23. The Morgan fingerprint density at radius 1 is 1.17 bits per heavy atom. The number of hydrogen-bond acceptors (Lipinski definition) is 4. The average molecular weight is 350 g/mol. The molecule has 1 heterocycles. The van der Waals surface area contributed by atoms with Crippen LogP contribution in [0.4, 0.5) is 0 Å². The topological polar surface area (TPSA) is 88.4 Å². The first-order valence-electron chi connectivity index (χ1n) is 7.69. The van der Waals surface area contributed by atoms with Gasteiger partial charge in [0.15, 0.2) is 0 Å². The van der Waals surface area contributed by atoms with Gasteiger partial charge < -0.3 is 9.73 Å². The molecular weight excluding hydrogens is 328 g/mol. The summed E-state index contributed by atoms with van der Waals surface area (Å²) in [6.07, 6.45) is 1.40. The van der Waals surface area contributed by atoms with Crippen LogP contribution in [0, 0.1) is 6.92 Å². The highest BCUT2D eigenvalue weighted by molar-refractivity contribution is 7.89. The van der Waals surface area contributed by atoms with Crippen LogP contribution in [0.15, 0.2) is 52.0 Å². The van der Waals surface area contributed by atoms with Crippen molar-refractivity contribution < 1.29 is 17.6 Å². The third-order valence-corrected chi connectivity index (χ3v) is 4.84. The molecule has 0 saturated carbocycles. The number of benzene rings is 1. The molecule has 130 valence electrons. The van der Waals surface area contributed by atoms with Crippen molar-refractivity contribution in [2.75, 3.05) is 0 Å². The number of sulfonamides is 1. The van der Waals surface area contributed by atoms with Crippen molar-refractivity contribution in [3.05, 3.63) is 54.0 Å². The number of aryl methyl sites for hydroxylation is 1. The van der Waals surface area contributed by atoms with Gasteiger partial charge >= 0.3 is 0 Å². The van der Waals surface area contributed by atoms with Gasteiger partial charge in [-0.25, -0.2) is 8.42 Å². The van der Waals surface area contributed by atoms with Crippen molar-refractivity contribution >= 4 is 15.9 Å². The number of nitrogens with one attached hydrogen (secondary N) is 2. The van der Waals surface area contributed by atoms with Crippen LogP contribution >= 0.6 is 0 Å². The monoisotopic (exact) mass is 350 g/mol. The normalized spacial score (nSPS) is 13.0. The second kappa shape index (κ2) is 7.63. The van der Waals surface area contributed by atoms with Crippen LogP contribution in [0.2, 0.25) is 0 Å². The molecule has 7 heteroatoms. The van der Waals surface area contributed by atoms with Crippen molar-refractivity contribution in [3.63, 3.8) is 0 Å². The molecule has 0 fully saturated rings. The zero-order chi connectivity index (χ0) is 17.7. The summed E-state index contributed by atoms with van der Waals surface area (Å²) in [4.78, 5) is 12.2. The Bertz CT molecular complexity index is 765. The molecular formula is C17H22N2O4S. The minimum absolute atomic E-state index is 0.0246. The second-order valence-electron chi connectivity index (χ2n) is 5.93. The van der Waals surface area contributed by atoms with Gasteiger partial charge in [-0.3, -0.25) is 4.79 Å². The van der Waals surface area contributed by atoms with E-state index in [4.69, 9.17) is 4.42 Å². The van der Waals surface area contributed by atoms with Gasteiger partial charge in [0.2, 0.25) is 15.9 Å². The van der Waals surface area contributed by atoms with E-state index in [1.807, 2.05) is 20.8 Å². The lowest BCUT2D eigenvalue weighted by atomic mass is 10.1. The molecule has 6 nitrogen and oxygen atoms in total. The first kappa shape index (κ1) is 18.2. The molecule has 1 unspecified atom stereocenters. The van der Waals surface area contributed by atoms with Crippen LogP contribution in [-0.4, -0.2) is 20.4 Å². The number of rotatable bonds is 7. The second-order valence-corrected chi connectivity index (χ2v) is 7.64. The van der Waals surface area contributed by atoms with Crippen molar-refractivity contribution in [3.8, 4) is 0 Å². The summed E-state index contributed by atoms with van der Waals surface area (Å²) in [5, 5.41) is 2.75. The third-order valence-electron chi connectivity index (χ3n) is 3.35. The molecule has 2 N–H and O–H groups in total. The number of carbonyl (C=O) groups excluding carboxylic acids is 1. The number of hydrogen-bond donors (Lipinski definition) is 2. The van der Waals surface area contributed by atoms with Crippen molar-refractivity contribution in [1.82, 2.24) is 10.0 Å². The summed E-state index contributed by atoms with van der Waals surface area (Å²) >= 11 is 0. The van der Waals surface area contributed by atoms with E-state index in [1.54, 1.807) is 24.3 Å². The zero-order valence-electron chi connectivity index (χ0n) is 13.9. The molecule has 1 aromatic carbocycles. The van der Waals surface area contributed by atoms with Gasteiger partial charge in [0, 0.05) is 6.04 Å². The van der Waals surface area contributed by atoms with Crippen LogP contribution in [0.5, 0.6) is 0 Å². The largest absolute Gasteiger partial charge is 0.468 e. The number of furan rings is 1. The molecule has 0 saturated heterocycles. The fourth-order valence-corrected chi connectivity index (χ4v) is 3.43. The van der Waals surface area contributed by atoms with Gasteiger partial charge in [0.25, 0.3) is 0 Å². The smallest absolute Gasteiger partial charge is 0.241 e.